The third kappa shape index (κ3) is 4.48. The van der Waals surface area contributed by atoms with Gasteiger partial charge in [0.15, 0.2) is 0 Å². The highest BCUT2D eigenvalue weighted by molar-refractivity contribution is 5.94. The molecule has 0 saturated carbocycles. The Labute approximate surface area is 203 Å². The SMILES string of the molecule is O=C(Nc1ccccc1F)N1CC(=O)N2[C@H](CO)[C@H](c3ccc(C#Cc4ccccc4)cc3)[C@H]2C1. The Morgan fingerprint density at radius 1 is 0.971 bits per heavy atom. The maximum absolute atomic E-state index is 14.0. The van der Waals surface area contributed by atoms with Crippen molar-refractivity contribution in [3.8, 4) is 11.8 Å². The van der Waals surface area contributed by atoms with Gasteiger partial charge in [0.2, 0.25) is 5.91 Å². The van der Waals surface area contributed by atoms with Crippen LogP contribution < -0.4 is 5.32 Å². The highest BCUT2D eigenvalue weighted by Crippen LogP contribution is 2.43. The molecular formula is C28H24FN3O3. The molecule has 176 valence electrons. The molecule has 0 aromatic heterocycles. The molecule has 0 spiro atoms. The Balaban J connectivity index is 1.32. The molecule has 2 fully saturated rings. The number of piperazine rings is 1. The lowest BCUT2D eigenvalue weighted by Gasteiger charge is -2.58. The third-order valence-electron chi connectivity index (χ3n) is 6.58. The number of amides is 3. The highest BCUT2D eigenvalue weighted by atomic mass is 19.1. The van der Waals surface area contributed by atoms with Crippen LogP contribution in [0.25, 0.3) is 0 Å². The maximum atomic E-state index is 14.0. The zero-order valence-corrected chi connectivity index (χ0v) is 18.9. The van der Waals surface area contributed by atoms with Crippen molar-refractivity contribution in [1.82, 2.24) is 9.80 Å². The summed E-state index contributed by atoms with van der Waals surface area (Å²) >= 11 is 0. The lowest BCUT2D eigenvalue weighted by Crippen LogP contribution is -2.73. The van der Waals surface area contributed by atoms with Crippen molar-refractivity contribution < 1.29 is 19.1 Å². The van der Waals surface area contributed by atoms with E-state index < -0.39 is 11.8 Å². The average molecular weight is 470 g/mol. The fraction of sp³-hybridized carbons (Fsp3) is 0.214. The number of halogens is 1. The number of nitrogens with one attached hydrogen (secondary N) is 1. The first kappa shape index (κ1) is 22.6. The van der Waals surface area contributed by atoms with Crippen LogP contribution >= 0.6 is 0 Å². The summed E-state index contributed by atoms with van der Waals surface area (Å²) in [6.07, 6.45) is 0. The summed E-state index contributed by atoms with van der Waals surface area (Å²) in [7, 11) is 0. The van der Waals surface area contributed by atoms with E-state index in [4.69, 9.17) is 0 Å². The van der Waals surface area contributed by atoms with Crippen molar-refractivity contribution in [3.05, 3.63) is 101 Å². The average Bonchev–Trinajstić information content (AvgIpc) is 2.86. The minimum atomic E-state index is -0.539. The lowest BCUT2D eigenvalue weighted by molar-refractivity contribution is -0.159. The van der Waals surface area contributed by atoms with E-state index in [1.807, 2.05) is 54.6 Å². The van der Waals surface area contributed by atoms with E-state index in [-0.39, 0.29) is 42.7 Å². The summed E-state index contributed by atoms with van der Waals surface area (Å²) in [6, 6.07) is 22.3. The second-order valence-corrected chi connectivity index (χ2v) is 8.67. The number of benzene rings is 3. The molecule has 35 heavy (non-hydrogen) atoms. The number of anilines is 1. The van der Waals surface area contributed by atoms with E-state index in [1.54, 1.807) is 17.0 Å². The molecule has 3 atom stereocenters. The zero-order chi connectivity index (χ0) is 24.4. The van der Waals surface area contributed by atoms with Gasteiger partial charge in [-0.05, 0) is 42.0 Å². The van der Waals surface area contributed by atoms with E-state index in [9.17, 15) is 19.1 Å². The number of fused-ring (bicyclic) bond motifs is 1. The molecule has 0 bridgehead atoms. The van der Waals surface area contributed by atoms with Crippen LogP contribution in [0.2, 0.25) is 0 Å². The topological polar surface area (TPSA) is 72.9 Å². The van der Waals surface area contributed by atoms with Crippen LogP contribution in [0, 0.1) is 17.7 Å². The molecule has 0 aliphatic carbocycles. The summed E-state index contributed by atoms with van der Waals surface area (Å²) in [5.74, 6) is 5.38. The summed E-state index contributed by atoms with van der Waals surface area (Å²) in [6.45, 7) is 0.0146. The first-order chi connectivity index (χ1) is 17.0. The van der Waals surface area contributed by atoms with Gasteiger partial charge >= 0.3 is 6.03 Å². The number of hydrogen-bond acceptors (Lipinski definition) is 3. The lowest BCUT2D eigenvalue weighted by atomic mass is 9.73. The van der Waals surface area contributed by atoms with Gasteiger partial charge in [0.05, 0.1) is 24.4 Å². The predicted molar refractivity (Wildman–Crippen MR) is 130 cm³/mol. The van der Waals surface area contributed by atoms with Crippen LogP contribution in [0.1, 0.15) is 22.6 Å². The van der Waals surface area contributed by atoms with Crippen LogP contribution in [0.4, 0.5) is 14.9 Å². The highest BCUT2D eigenvalue weighted by Gasteiger charge is 2.54. The minimum Gasteiger partial charge on any atom is -0.394 e. The van der Waals surface area contributed by atoms with Crippen LogP contribution in [0.3, 0.4) is 0 Å². The molecule has 3 aromatic carbocycles. The number of nitrogens with zero attached hydrogens (tertiary/aromatic N) is 2. The number of carbonyl (C=O) groups excluding carboxylic acids is 2. The van der Waals surface area contributed by atoms with E-state index in [2.05, 4.69) is 17.2 Å². The Morgan fingerprint density at radius 2 is 1.63 bits per heavy atom. The number of aliphatic hydroxyl groups is 1. The van der Waals surface area contributed by atoms with Gasteiger partial charge in [-0.25, -0.2) is 9.18 Å². The normalized spacial score (nSPS) is 20.9. The Bertz CT molecular complexity index is 1300. The molecule has 7 heteroatoms. The standard InChI is InChI=1S/C28H24FN3O3/c29-22-8-4-5-9-23(22)30-28(35)31-16-24-27(25(18-33)32(24)26(34)17-31)21-14-12-20(13-15-21)11-10-19-6-2-1-3-7-19/h1-9,12-15,24-25,27,33H,16-18H2,(H,30,35)/t24-,25-,27-/m1/s1. The van der Waals surface area contributed by atoms with Crippen LogP contribution in [-0.4, -0.2) is 58.6 Å². The van der Waals surface area contributed by atoms with Crippen molar-refractivity contribution in [3.63, 3.8) is 0 Å². The number of hydrogen-bond donors (Lipinski definition) is 2. The van der Waals surface area contributed by atoms with Crippen LogP contribution in [0.15, 0.2) is 78.9 Å². The second kappa shape index (κ2) is 9.61. The number of aliphatic hydroxyl groups excluding tert-OH is 1. The number of para-hydroxylation sites is 1. The summed E-state index contributed by atoms with van der Waals surface area (Å²) in [5, 5.41) is 12.5. The van der Waals surface area contributed by atoms with Crippen molar-refractivity contribution in [2.45, 2.75) is 18.0 Å². The monoisotopic (exact) mass is 469 g/mol. The molecule has 0 unspecified atom stereocenters. The van der Waals surface area contributed by atoms with Crippen molar-refractivity contribution in [2.24, 2.45) is 0 Å². The molecule has 5 rings (SSSR count). The van der Waals surface area contributed by atoms with Gasteiger partial charge in [-0.15, -0.1) is 0 Å². The van der Waals surface area contributed by atoms with Crippen molar-refractivity contribution in [1.29, 1.82) is 0 Å². The fourth-order valence-corrected chi connectivity index (χ4v) is 4.87. The second-order valence-electron chi connectivity index (χ2n) is 8.67. The fourth-order valence-electron chi connectivity index (χ4n) is 4.87. The molecular weight excluding hydrogens is 445 g/mol. The molecule has 6 nitrogen and oxygen atoms in total. The predicted octanol–water partition coefficient (Wildman–Crippen LogP) is 3.43. The van der Waals surface area contributed by atoms with Crippen molar-refractivity contribution in [2.75, 3.05) is 25.0 Å². The van der Waals surface area contributed by atoms with Gasteiger partial charge < -0.3 is 20.2 Å². The molecule has 2 heterocycles. The Morgan fingerprint density at radius 3 is 2.31 bits per heavy atom. The first-order valence-corrected chi connectivity index (χ1v) is 11.4. The zero-order valence-electron chi connectivity index (χ0n) is 18.9. The van der Waals surface area contributed by atoms with E-state index in [0.717, 1.165) is 16.7 Å². The Hall–Kier alpha value is -4.15. The summed E-state index contributed by atoms with van der Waals surface area (Å²) in [5.41, 5.74) is 2.83. The minimum absolute atomic E-state index is 0.0676. The quantitative estimate of drug-likeness (QED) is 0.578. The summed E-state index contributed by atoms with van der Waals surface area (Å²) in [4.78, 5) is 28.7. The molecule has 0 radical (unpaired) electrons. The van der Waals surface area contributed by atoms with E-state index in [1.165, 1.54) is 17.0 Å². The maximum Gasteiger partial charge on any atom is 0.322 e. The molecule has 2 aliphatic heterocycles. The van der Waals surface area contributed by atoms with Crippen LogP contribution in [-0.2, 0) is 4.79 Å². The van der Waals surface area contributed by atoms with Crippen LogP contribution in [0.5, 0.6) is 0 Å². The molecule has 2 N–H and O–H groups in total. The number of carbonyl (C=O) groups is 2. The third-order valence-corrected chi connectivity index (χ3v) is 6.58. The van der Waals surface area contributed by atoms with Gasteiger partial charge in [-0.3, -0.25) is 4.79 Å². The largest absolute Gasteiger partial charge is 0.394 e. The van der Waals surface area contributed by atoms with Gasteiger partial charge in [0.25, 0.3) is 0 Å². The van der Waals surface area contributed by atoms with E-state index >= 15 is 0 Å². The molecule has 2 saturated heterocycles. The van der Waals surface area contributed by atoms with Gasteiger partial charge in [-0.2, -0.15) is 0 Å². The first-order valence-electron chi connectivity index (χ1n) is 11.4. The summed E-state index contributed by atoms with van der Waals surface area (Å²) < 4.78 is 14.0. The van der Waals surface area contributed by atoms with Gasteiger partial charge in [-0.1, -0.05) is 54.3 Å². The van der Waals surface area contributed by atoms with Gasteiger partial charge in [0, 0.05) is 23.6 Å². The molecule has 3 amide bonds. The molecule has 3 aromatic rings. The Kier molecular flexibility index (Phi) is 6.21. The van der Waals surface area contributed by atoms with Gasteiger partial charge in [0.1, 0.15) is 12.4 Å². The number of urea groups is 1. The smallest absolute Gasteiger partial charge is 0.322 e. The number of rotatable bonds is 3. The van der Waals surface area contributed by atoms with E-state index in [0.29, 0.717) is 6.54 Å². The molecule has 2 aliphatic rings. The van der Waals surface area contributed by atoms with Crippen molar-refractivity contribution >= 4 is 17.6 Å².